The highest BCUT2D eigenvalue weighted by Crippen LogP contribution is 2.20. The third-order valence-corrected chi connectivity index (χ3v) is 10.7. The number of thiophene rings is 4. The van der Waals surface area contributed by atoms with Crippen LogP contribution < -0.4 is 9.06 Å². The van der Waals surface area contributed by atoms with Gasteiger partial charge in [0.2, 0.25) is 0 Å². The molecule has 174 valence electrons. The molecule has 0 spiro atoms. The zero-order chi connectivity index (χ0) is 24.9. The molecule has 0 aliphatic heterocycles. The topological polar surface area (TPSA) is 32.5 Å². The van der Waals surface area contributed by atoms with E-state index in [9.17, 15) is 5.26 Å². The van der Waals surface area contributed by atoms with Crippen molar-refractivity contribution in [2.45, 2.75) is 46.5 Å². The molecule has 0 bridgehead atoms. The molecule has 35 heavy (non-hydrogen) atoms. The highest BCUT2D eigenvalue weighted by molar-refractivity contribution is 7.14. The first-order valence-corrected chi connectivity index (χ1v) is 14.6. The molecule has 0 unspecified atom stereocenters. The van der Waals surface area contributed by atoms with E-state index in [0.717, 1.165) is 40.3 Å². The molecule has 0 fully saturated rings. The lowest BCUT2D eigenvalue weighted by Crippen LogP contribution is -1.94. The highest BCUT2D eigenvalue weighted by atomic mass is 32.1. The predicted octanol–water partition coefficient (Wildman–Crippen LogP) is 7.30. The smallest absolute Gasteiger partial charge is 0.193 e. The van der Waals surface area contributed by atoms with Crippen LogP contribution in [0.25, 0.3) is 21.1 Å². The van der Waals surface area contributed by atoms with Crippen molar-refractivity contribution >= 4 is 56.7 Å². The summed E-state index contributed by atoms with van der Waals surface area (Å²) in [6.07, 6.45) is 4.04. The summed E-state index contributed by atoms with van der Waals surface area (Å²) >= 11 is 6.85. The van der Waals surface area contributed by atoms with Crippen molar-refractivity contribution in [3.63, 3.8) is 0 Å². The third kappa shape index (κ3) is 5.18. The zero-order valence-electron chi connectivity index (χ0n) is 19.8. The Morgan fingerprint density at radius 1 is 0.771 bits per heavy atom. The van der Waals surface area contributed by atoms with Gasteiger partial charge in [-0.3, -0.25) is 0 Å². The lowest BCUT2D eigenvalue weighted by atomic mass is 10.2. The van der Waals surface area contributed by atoms with E-state index in [2.05, 4.69) is 59.9 Å². The molecule has 3 nitrogen and oxygen atoms in total. The van der Waals surface area contributed by atoms with Gasteiger partial charge in [0.05, 0.1) is 6.07 Å². The molecule has 0 radical (unpaired) electrons. The van der Waals surface area contributed by atoms with Gasteiger partial charge in [0, 0.05) is 37.3 Å². The first kappa shape index (κ1) is 25.1. The Morgan fingerprint density at radius 3 is 1.69 bits per heavy atom. The average Bonchev–Trinajstić information content (AvgIpc) is 3.65. The van der Waals surface area contributed by atoms with Crippen LogP contribution in [0, 0.1) is 51.7 Å². The number of hydrogen-bond acceptors (Lipinski definition) is 5. The third-order valence-electron chi connectivity index (χ3n) is 5.53. The molecule has 0 amide bonds. The molecule has 4 aromatic rings. The van der Waals surface area contributed by atoms with Crippen molar-refractivity contribution in [1.29, 1.82) is 5.26 Å². The second kappa shape index (κ2) is 11.2. The minimum Gasteiger partial charge on any atom is -0.193 e. The van der Waals surface area contributed by atoms with Gasteiger partial charge < -0.3 is 0 Å². The standard InChI is InChI=1S/C28H23N3S4/c1-6-8-18-14-24(17(3)16-29)34-26(18)22-12-10-20(32-22)21-11-13-23(33-21)27-19(9-7-2)15-25(35-27)28(30-4)31-5/h10-15H,6-9H2,1-3H3/b21-20+,24-17-,26-22+,27-23+. The maximum atomic E-state index is 9.35. The molecule has 0 aliphatic carbocycles. The number of nitriles is 1. The zero-order valence-corrected chi connectivity index (χ0v) is 23.0. The van der Waals surface area contributed by atoms with E-state index in [1.165, 1.54) is 38.3 Å². The van der Waals surface area contributed by atoms with Crippen LogP contribution >= 0.6 is 45.3 Å². The van der Waals surface area contributed by atoms with Crippen molar-refractivity contribution in [1.82, 2.24) is 0 Å². The fourth-order valence-corrected chi connectivity index (χ4v) is 8.55. The molecule has 0 aromatic carbocycles. The quantitative estimate of drug-likeness (QED) is 0.255. The highest BCUT2D eigenvalue weighted by Gasteiger charge is 2.10. The predicted molar refractivity (Wildman–Crippen MR) is 149 cm³/mol. The molecular formula is C28H23N3S4. The monoisotopic (exact) mass is 529 g/mol. The Kier molecular flexibility index (Phi) is 8.01. The van der Waals surface area contributed by atoms with Crippen molar-refractivity contribution < 1.29 is 0 Å². The summed E-state index contributed by atoms with van der Waals surface area (Å²) in [5, 5.41) is 9.35. The molecular weight excluding hydrogens is 507 g/mol. The maximum Gasteiger partial charge on any atom is 0.536 e. The molecule has 4 rings (SSSR count). The minimum atomic E-state index is 0.153. The Bertz CT molecular complexity index is 1910. The molecule has 4 aromatic heterocycles. The summed E-state index contributed by atoms with van der Waals surface area (Å²) in [4.78, 5) is 6.83. The SMILES string of the molecule is [C-]#[N+]C([N+]#[C-])=c1cc(CCC)/c(=c2/cc/c(=c3/cc/c(=c4\s/c(=C(/C)C#N)cc4CCC)s3)s2)s1. The number of aryl methyl sites for hydroxylation is 2. The van der Waals surface area contributed by atoms with Crippen LogP contribution in [0.15, 0.2) is 36.4 Å². The van der Waals surface area contributed by atoms with Crippen LogP contribution in [0.1, 0.15) is 44.7 Å². The van der Waals surface area contributed by atoms with E-state index in [-0.39, 0.29) is 5.82 Å². The van der Waals surface area contributed by atoms with Gasteiger partial charge in [-0.05, 0) is 67.3 Å². The van der Waals surface area contributed by atoms with E-state index < -0.39 is 0 Å². The second-order valence-corrected chi connectivity index (χ2v) is 12.3. The largest absolute Gasteiger partial charge is 0.536 e. The van der Waals surface area contributed by atoms with Gasteiger partial charge in [-0.1, -0.05) is 26.7 Å². The van der Waals surface area contributed by atoms with Gasteiger partial charge in [0.15, 0.2) is 0 Å². The van der Waals surface area contributed by atoms with Gasteiger partial charge >= 0.3 is 5.82 Å². The van der Waals surface area contributed by atoms with E-state index in [1.54, 1.807) is 45.3 Å². The Hall–Kier alpha value is -2.99. The van der Waals surface area contributed by atoms with E-state index in [4.69, 9.17) is 13.1 Å². The van der Waals surface area contributed by atoms with Gasteiger partial charge in [-0.2, -0.15) is 15.0 Å². The van der Waals surface area contributed by atoms with Crippen LogP contribution in [0.2, 0.25) is 0 Å². The number of rotatable bonds is 4. The first-order valence-electron chi connectivity index (χ1n) is 11.3. The Balaban J connectivity index is 2.03. The van der Waals surface area contributed by atoms with Gasteiger partial charge in [-0.15, -0.1) is 45.3 Å². The van der Waals surface area contributed by atoms with Gasteiger partial charge in [0.1, 0.15) is 17.7 Å². The summed E-state index contributed by atoms with van der Waals surface area (Å²) in [5.41, 5.74) is 3.31. The molecule has 7 heteroatoms. The van der Waals surface area contributed by atoms with E-state index >= 15 is 0 Å². The molecule has 0 aliphatic rings. The lowest BCUT2D eigenvalue weighted by molar-refractivity contribution is 0.921. The normalized spacial score (nSPS) is 14.6. The van der Waals surface area contributed by atoms with E-state index in [0.29, 0.717) is 0 Å². The van der Waals surface area contributed by atoms with Gasteiger partial charge in [-0.25, -0.2) is 0 Å². The summed E-state index contributed by atoms with van der Waals surface area (Å²) in [6.45, 7) is 20.9. The summed E-state index contributed by atoms with van der Waals surface area (Å²) in [7, 11) is 0. The number of hydrogen-bond donors (Lipinski definition) is 0. The van der Waals surface area contributed by atoms with E-state index in [1.807, 2.05) is 13.0 Å². The van der Waals surface area contributed by atoms with Crippen LogP contribution in [0.5, 0.6) is 0 Å². The fourth-order valence-electron chi connectivity index (χ4n) is 3.85. The molecule has 0 saturated heterocycles. The Morgan fingerprint density at radius 2 is 1.23 bits per heavy atom. The lowest BCUT2D eigenvalue weighted by Gasteiger charge is -1.90. The molecule has 0 saturated carbocycles. The average molecular weight is 530 g/mol. The maximum absolute atomic E-state index is 9.35. The summed E-state index contributed by atoms with van der Waals surface area (Å²) in [6, 6.07) is 15.3. The minimum absolute atomic E-state index is 0.153. The fraction of sp³-hybridized carbons (Fsp3) is 0.250. The first-order chi connectivity index (χ1) is 17.0. The second-order valence-electron chi connectivity index (χ2n) is 8.04. The van der Waals surface area contributed by atoms with Crippen molar-refractivity contribution in [3.8, 4) is 6.07 Å². The summed E-state index contributed by atoms with van der Waals surface area (Å²) in [5.74, 6) is 0.153. The van der Waals surface area contributed by atoms with Gasteiger partial charge in [0.25, 0.3) is 0 Å². The van der Waals surface area contributed by atoms with Crippen molar-refractivity contribution in [3.05, 3.63) is 107 Å². The Labute approximate surface area is 220 Å². The molecule has 0 atom stereocenters. The van der Waals surface area contributed by atoms with Crippen LogP contribution in [-0.4, -0.2) is 0 Å². The van der Waals surface area contributed by atoms with Crippen LogP contribution in [-0.2, 0) is 12.8 Å². The molecule has 0 N–H and O–H groups in total. The molecule has 4 heterocycles. The van der Waals surface area contributed by atoms with Crippen molar-refractivity contribution in [2.24, 2.45) is 0 Å². The van der Waals surface area contributed by atoms with Crippen LogP contribution in [0.3, 0.4) is 0 Å². The summed E-state index contributed by atoms with van der Waals surface area (Å²) < 4.78 is 9.18. The van der Waals surface area contributed by atoms with Crippen LogP contribution in [0.4, 0.5) is 0 Å². The van der Waals surface area contributed by atoms with Crippen molar-refractivity contribution in [2.75, 3.05) is 0 Å². The number of nitrogens with zero attached hydrogens (tertiary/aromatic N) is 3.